The molecule has 0 spiro atoms. The Hall–Kier alpha value is -1.79. The van der Waals surface area contributed by atoms with E-state index in [4.69, 9.17) is 5.73 Å². The van der Waals surface area contributed by atoms with Gasteiger partial charge in [-0.1, -0.05) is 6.07 Å². The Morgan fingerprint density at radius 2 is 1.79 bits per heavy atom. The number of anilines is 1. The molecule has 2 aromatic rings. The van der Waals surface area contributed by atoms with Crippen LogP contribution in [-0.2, 0) is 16.6 Å². The predicted octanol–water partition coefficient (Wildman–Crippen LogP) is 1.89. The minimum absolute atomic E-state index is 0.187. The van der Waals surface area contributed by atoms with Crippen molar-refractivity contribution in [1.82, 2.24) is 4.98 Å². The molecule has 0 fully saturated rings. The van der Waals surface area contributed by atoms with E-state index in [9.17, 15) is 8.42 Å². The van der Waals surface area contributed by atoms with Gasteiger partial charge in [0.2, 0.25) is 0 Å². The van der Waals surface area contributed by atoms with Gasteiger partial charge in [0.25, 0.3) is 10.0 Å². The van der Waals surface area contributed by atoms with Gasteiger partial charge in [-0.15, -0.1) is 0 Å². The van der Waals surface area contributed by atoms with Crippen LogP contribution in [0.15, 0.2) is 35.4 Å². The second-order valence-electron chi connectivity index (χ2n) is 4.55. The zero-order chi connectivity index (χ0) is 14.0. The fourth-order valence-corrected chi connectivity index (χ4v) is 3.00. The van der Waals surface area contributed by atoms with Crippen LogP contribution in [0, 0.1) is 13.8 Å². The van der Waals surface area contributed by atoms with Crippen LogP contribution < -0.4 is 10.5 Å². The molecule has 1 aromatic heterocycles. The van der Waals surface area contributed by atoms with Gasteiger partial charge in [0.05, 0.1) is 0 Å². The second kappa shape index (κ2) is 5.07. The monoisotopic (exact) mass is 279 g/mol. The summed E-state index contributed by atoms with van der Waals surface area (Å²) in [5, 5.41) is 0. The van der Waals surface area contributed by atoms with Gasteiger partial charge < -0.3 is 10.7 Å². The zero-order valence-electron chi connectivity index (χ0n) is 10.9. The van der Waals surface area contributed by atoms with Crippen LogP contribution in [0.2, 0.25) is 0 Å². The molecular formula is C13H17N3O2S. The van der Waals surface area contributed by atoms with Crippen molar-refractivity contribution in [2.75, 3.05) is 4.72 Å². The molecule has 0 unspecified atom stereocenters. The Bertz CT molecular complexity index is 669. The molecule has 1 aromatic carbocycles. The van der Waals surface area contributed by atoms with Crippen molar-refractivity contribution in [3.8, 4) is 0 Å². The van der Waals surface area contributed by atoms with E-state index in [1.54, 1.807) is 12.1 Å². The number of rotatable bonds is 4. The van der Waals surface area contributed by atoms with E-state index in [0.29, 0.717) is 11.4 Å². The highest BCUT2D eigenvalue weighted by Crippen LogP contribution is 2.19. The molecule has 4 N–H and O–H groups in total. The summed E-state index contributed by atoms with van der Waals surface area (Å²) in [6.45, 7) is 4.13. The predicted molar refractivity (Wildman–Crippen MR) is 75.4 cm³/mol. The van der Waals surface area contributed by atoms with E-state index in [1.807, 2.05) is 19.9 Å². The summed E-state index contributed by atoms with van der Waals surface area (Å²) in [5.41, 5.74) is 8.71. The molecule has 0 aliphatic heterocycles. The lowest BCUT2D eigenvalue weighted by molar-refractivity contribution is 0.601. The van der Waals surface area contributed by atoms with Gasteiger partial charge in [-0.3, -0.25) is 4.72 Å². The van der Waals surface area contributed by atoms with Crippen molar-refractivity contribution in [1.29, 1.82) is 0 Å². The lowest BCUT2D eigenvalue weighted by Gasteiger charge is -2.08. The van der Waals surface area contributed by atoms with E-state index in [1.165, 1.54) is 12.3 Å². The van der Waals surface area contributed by atoms with Crippen molar-refractivity contribution >= 4 is 15.7 Å². The van der Waals surface area contributed by atoms with Gasteiger partial charge in [-0.25, -0.2) is 8.42 Å². The summed E-state index contributed by atoms with van der Waals surface area (Å²) >= 11 is 0. The number of benzene rings is 1. The topological polar surface area (TPSA) is 88.0 Å². The number of hydrogen-bond donors (Lipinski definition) is 3. The maximum Gasteiger partial charge on any atom is 0.263 e. The number of H-pyrrole nitrogens is 1. The summed E-state index contributed by atoms with van der Waals surface area (Å²) in [6, 6.07) is 7.10. The van der Waals surface area contributed by atoms with Crippen molar-refractivity contribution < 1.29 is 8.42 Å². The SMILES string of the molecule is Cc1cc(C)cc(NS(=O)(=O)c2c[nH]c(CN)c2)c1. The van der Waals surface area contributed by atoms with Gasteiger partial charge in [0, 0.05) is 24.1 Å². The molecule has 0 aliphatic rings. The number of aryl methyl sites for hydroxylation is 2. The van der Waals surface area contributed by atoms with Crippen molar-refractivity contribution in [2.24, 2.45) is 5.73 Å². The molecule has 6 heteroatoms. The third kappa shape index (κ3) is 3.15. The first-order chi connectivity index (χ1) is 8.90. The lowest BCUT2D eigenvalue weighted by atomic mass is 10.1. The van der Waals surface area contributed by atoms with Gasteiger partial charge in [-0.2, -0.15) is 0 Å². The maximum atomic E-state index is 12.2. The summed E-state index contributed by atoms with van der Waals surface area (Å²) < 4.78 is 26.9. The third-order valence-corrected chi connectivity index (χ3v) is 4.08. The molecule has 0 saturated heterocycles. The van der Waals surface area contributed by atoms with E-state index in [0.717, 1.165) is 11.1 Å². The van der Waals surface area contributed by atoms with Gasteiger partial charge in [0.15, 0.2) is 0 Å². The minimum atomic E-state index is -3.57. The number of sulfonamides is 1. The van der Waals surface area contributed by atoms with Gasteiger partial charge in [0.1, 0.15) is 4.90 Å². The molecule has 0 saturated carbocycles. The van der Waals surface area contributed by atoms with Crippen LogP contribution in [-0.4, -0.2) is 13.4 Å². The quantitative estimate of drug-likeness (QED) is 0.798. The molecular weight excluding hydrogens is 262 g/mol. The normalized spacial score (nSPS) is 11.5. The molecule has 19 heavy (non-hydrogen) atoms. The van der Waals surface area contributed by atoms with Gasteiger partial charge >= 0.3 is 0 Å². The third-order valence-electron chi connectivity index (χ3n) is 2.72. The van der Waals surface area contributed by atoms with Gasteiger partial charge in [-0.05, 0) is 43.2 Å². The first-order valence-electron chi connectivity index (χ1n) is 5.89. The maximum absolute atomic E-state index is 12.2. The Balaban J connectivity index is 2.30. The number of hydrogen-bond acceptors (Lipinski definition) is 3. The summed E-state index contributed by atoms with van der Waals surface area (Å²) in [7, 11) is -3.57. The number of aromatic amines is 1. The highest BCUT2D eigenvalue weighted by Gasteiger charge is 2.16. The smallest absolute Gasteiger partial charge is 0.263 e. The molecule has 2 rings (SSSR count). The molecule has 1 heterocycles. The van der Waals surface area contributed by atoms with Crippen LogP contribution in [0.5, 0.6) is 0 Å². The van der Waals surface area contributed by atoms with Crippen molar-refractivity contribution in [2.45, 2.75) is 25.3 Å². The fourth-order valence-electron chi connectivity index (χ4n) is 1.94. The zero-order valence-corrected chi connectivity index (χ0v) is 11.7. The highest BCUT2D eigenvalue weighted by molar-refractivity contribution is 7.92. The average Bonchev–Trinajstić information content (AvgIpc) is 2.75. The van der Waals surface area contributed by atoms with E-state index in [-0.39, 0.29) is 11.4 Å². The minimum Gasteiger partial charge on any atom is -0.363 e. The lowest BCUT2D eigenvalue weighted by Crippen LogP contribution is -2.12. The second-order valence-corrected chi connectivity index (χ2v) is 6.23. The molecule has 0 amide bonds. The summed E-state index contributed by atoms with van der Waals surface area (Å²) in [4.78, 5) is 3.01. The van der Waals surface area contributed by atoms with Crippen LogP contribution >= 0.6 is 0 Å². The standard InChI is InChI=1S/C13H17N3O2S/c1-9-3-10(2)5-11(4-9)16-19(17,18)13-6-12(7-14)15-8-13/h3-6,8,15-16H,7,14H2,1-2H3. The van der Waals surface area contributed by atoms with E-state index < -0.39 is 10.0 Å². The molecule has 0 bridgehead atoms. The van der Waals surface area contributed by atoms with Crippen LogP contribution in [0.4, 0.5) is 5.69 Å². The molecule has 0 atom stereocenters. The summed E-state index contributed by atoms with van der Waals surface area (Å²) in [6.07, 6.45) is 1.44. The van der Waals surface area contributed by atoms with Crippen LogP contribution in [0.1, 0.15) is 16.8 Å². The first kappa shape index (κ1) is 13.6. The number of nitrogens with one attached hydrogen (secondary N) is 2. The Morgan fingerprint density at radius 1 is 1.16 bits per heavy atom. The first-order valence-corrected chi connectivity index (χ1v) is 7.37. The van der Waals surface area contributed by atoms with E-state index in [2.05, 4.69) is 9.71 Å². The Labute approximate surface area is 112 Å². The number of aromatic nitrogens is 1. The molecule has 102 valence electrons. The van der Waals surface area contributed by atoms with Crippen molar-refractivity contribution in [3.05, 3.63) is 47.3 Å². The molecule has 5 nitrogen and oxygen atoms in total. The van der Waals surface area contributed by atoms with Crippen molar-refractivity contribution in [3.63, 3.8) is 0 Å². The van der Waals surface area contributed by atoms with E-state index >= 15 is 0 Å². The molecule has 0 radical (unpaired) electrons. The average molecular weight is 279 g/mol. The number of nitrogens with two attached hydrogens (primary N) is 1. The Morgan fingerprint density at radius 3 is 2.32 bits per heavy atom. The Kier molecular flexibility index (Phi) is 3.64. The molecule has 0 aliphatic carbocycles. The summed E-state index contributed by atoms with van der Waals surface area (Å²) in [5.74, 6) is 0. The largest absolute Gasteiger partial charge is 0.363 e. The van der Waals surface area contributed by atoms with Crippen LogP contribution in [0.3, 0.4) is 0 Å². The highest BCUT2D eigenvalue weighted by atomic mass is 32.2. The van der Waals surface area contributed by atoms with Crippen LogP contribution in [0.25, 0.3) is 0 Å². The fraction of sp³-hybridized carbons (Fsp3) is 0.231.